The number of amides is 2. The molecule has 4 fully saturated rings. The highest BCUT2D eigenvalue weighted by Crippen LogP contribution is 2.61. The summed E-state index contributed by atoms with van der Waals surface area (Å²) in [5.41, 5.74) is 3.36. The van der Waals surface area contributed by atoms with Gasteiger partial charge in [-0.25, -0.2) is 0 Å². The van der Waals surface area contributed by atoms with Gasteiger partial charge >= 0.3 is 0 Å². The first-order valence-corrected chi connectivity index (χ1v) is 16.7. The number of aliphatic hydroxyl groups is 2. The molecule has 3 aliphatic carbocycles. The second-order valence-corrected chi connectivity index (χ2v) is 14.2. The topological polar surface area (TPSA) is 132 Å². The van der Waals surface area contributed by atoms with Crippen LogP contribution in [0.5, 0.6) is 5.75 Å². The Hall–Kier alpha value is -3.02. The Morgan fingerprint density at radius 2 is 1.85 bits per heavy atom. The average molecular weight is 637 g/mol. The van der Waals surface area contributed by atoms with Gasteiger partial charge in [-0.15, -0.1) is 0 Å². The minimum absolute atomic E-state index is 0.00431. The van der Waals surface area contributed by atoms with Crippen molar-refractivity contribution >= 4 is 11.8 Å². The van der Waals surface area contributed by atoms with Gasteiger partial charge in [0.2, 0.25) is 5.91 Å². The Kier molecular flexibility index (Phi) is 10.4. The summed E-state index contributed by atoms with van der Waals surface area (Å²) >= 11 is 0. The molecule has 0 radical (unpaired) electrons. The molecule has 1 saturated heterocycles. The fourth-order valence-corrected chi connectivity index (χ4v) is 8.30. The summed E-state index contributed by atoms with van der Waals surface area (Å²) in [4.78, 5) is 33.0. The van der Waals surface area contributed by atoms with Gasteiger partial charge in [0, 0.05) is 41.2 Å². The zero-order valence-electron chi connectivity index (χ0n) is 28.2. The molecule has 4 aliphatic rings. The molecule has 46 heavy (non-hydrogen) atoms. The lowest BCUT2D eigenvalue weighted by Crippen LogP contribution is -2.62. The molecule has 2 aromatic rings. The van der Waals surface area contributed by atoms with Crippen LogP contribution in [-0.4, -0.2) is 84.7 Å². The molecule has 1 aliphatic heterocycles. The molecule has 0 aromatic heterocycles. The van der Waals surface area contributed by atoms with Crippen LogP contribution < -0.4 is 20.7 Å². The lowest BCUT2D eigenvalue weighted by molar-refractivity contribution is -0.183. The first kappa shape index (κ1) is 34.3. The Bertz CT molecular complexity index is 1380. The van der Waals surface area contributed by atoms with Crippen LogP contribution in [0.3, 0.4) is 0 Å². The zero-order chi connectivity index (χ0) is 33.3. The van der Waals surface area contributed by atoms with E-state index in [0.29, 0.717) is 41.0 Å². The monoisotopic (exact) mass is 636 g/mol. The van der Waals surface area contributed by atoms with Crippen LogP contribution in [0.25, 0.3) is 11.1 Å². The predicted molar refractivity (Wildman–Crippen MR) is 177 cm³/mol. The van der Waals surface area contributed by atoms with Gasteiger partial charge in [-0.1, -0.05) is 51.1 Å². The number of fused-ring (bicyclic) bond motifs is 2. The Balaban J connectivity index is 1.37. The van der Waals surface area contributed by atoms with Gasteiger partial charge in [0.15, 0.2) is 0 Å². The number of benzene rings is 2. The standard InChI is InChI=1S/C36H52N4O6/c1-20(17-37-6)38-34(43)24-13-11-23(12-14-24)27-10-8-9-25(33(27)45-7)18-40-32(31(22(3)42)30(19-41)46-40)35(44)39-29-16-26-15-28(21(29)2)36(26,4)5/h8-14,20-22,26,28-32,37,41-42H,15-19H2,1-7H3,(H,38,43)(H,39,44)/t20-,21-,22-,26+,28+,29-,30-,31-,32-/m0/s1. The number of hydrogen-bond donors (Lipinski definition) is 5. The molecule has 5 N–H and O–H groups in total. The lowest BCUT2D eigenvalue weighted by Gasteiger charge is -2.62. The van der Waals surface area contributed by atoms with Gasteiger partial charge in [-0.3, -0.25) is 14.4 Å². The number of aliphatic hydroxyl groups excluding tert-OH is 2. The zero-order valence-corrected chi connectivity index (χ0v) is 28.2. The van der Waals surface area contributed by atoms with Crippen molar-refractivity contribution in [2.24, 2.45) is 29.1 Å². The number of nitrogens with zero attached hydrogens (tertiary/aromatic N) is 1. The highest BCUT2D eigenvalue weighted by molar-refractivity contribution is 5.95. The first-order chi connectivity index (χ1) is 21.9. The number of ether oxygens (including phenoxy) is 1. The van der Waals surface area contributed by atoms with Crippen LogP contribution in [0.15, 0.2) is 42.5 Å². The molecule has 2 amide bonds. The summed E-state index contributed by atoms with van der Waals surface area (Å²) in [5, 5.41) is 32.0. The van der Waals surface area contributed by atoms with E-state index in [2.05, 4.69) is 36.7 Å². The van der Waals surface area contributed by atoms with E-state index in [4.69, 9.17) is 9.57 Å². The van der Waals surface area contributed by atoms with Crippen molar-refractivity contribution in [1.29, 1.82) is 0 Å². The third-order valence-electron chi connectivity index (χ3n) is 11.0. The van der Waals surface area contributed by atoms with Crippen molar-refractivity contribution in [2.45, 2.75) is 84.3 Å². The number of rotatable bonds is 12. The summed E-state index contributed by atoms with van der Waals surface area (Å²) < 4.78 is 5.93. The number of hydrogen-bond acceptors (Lipinski definition) is 8. The molecule has 9 atom stereocenters. The van der Waals surface area contributed by atoms with Gasteiger partial charge < -0.3 is 30.9 Å². The molecular formula is C36H52N4O6. The van der Waals surface area contributed by atoms with Crippen molar-refractivity contribution in [2.75, 3.05) is 27.3 Å². The fourth-order valence-electron chi connectivity index (χ4n) is 8.30. The van der Waals surface area contributed by atoms with E-state index in [1.807, 2.05) is 44.3 Å². The Morgan fingerprint density at radius 1 is 1.13 bits per heavy atom. The van der Waals surface area contributed by atoms with Crippen LogP contribution in [0.1, 0.15) is 63.4 Å². The molecule has 1 heterocycles. The Labute approximate surface area is 273 Å². The molecule has 0 spiro atoms. The van der Waals surface area contributed by atoms with E-state index in [1.165, 1.54) is 6.42 Å². The van der Waals surface area contributed by atoms with Crippen LogP contribution in [0.4, 0.5) is 0 Å². The quantitative estimate of drug-likeness (QED) is 0.240. The van der Waals surface area contributed by atoms with Gasteiger partial charge in [-0.05, 0) is 74.6 Å². The smallest absolute Gasteiger partial charge is 0.251 e. The summed E-state index contributed by atoms with van der Waals surface area (Å²) in [6.45, 7) is 11.1. The van der Waals surface area contributed by atoms with Gasteiger partial charge in [0.05, 0.1) is 26.4 Å². The number of likely N-dealkylation sites (N-methyl/N-ethyl adjacent to an activating group) is 1. The number of carbonyl (C=O) groups is 2. The van der Waals surface area contributed by atoms with E-state index in [9.17, 15) is 19.8 Å². The number of nitrogens with one attached hydrogen (secondary N) is 3. The highest BCUT2D eigenvalue weighted by atomic mass is 16.7. The van der Waals surface area contributed by atoms with Crippen LogP contribution in [0.2, 0.25) is 0 Å². The second-order valence-electron chi connectivity index (χ2n) is 14.2. The molecule has 10 nitrogen and oxygen atoms in total. The number of methoxy groups -OCH3 is 1. The minimum Gasteiger partial charge on any atom is -0.496 e. The van der Waals surface area contributed by atoms with Gasteiger partial charge in [0.1, 0.15) is 17.9 Å². The van der Waals surface area contributed by atoms with E-state index in [-0.39, 0.29) is 37.0 Å². The Morgan fingerprint density at radius 3 is 2.43 bits per heavy atom. The van der Waals surface area contributed by atoms with Crippen LogP contribution >= 0.6 is 0 Å². The molecular weight excluding hydrogens is 584 g/mol. The van der Waals surface area contributed by atoms with Crippen LogP contribution in [0, 0.1) is 29.1 Å². The number of carbonyl (C=O) groups excluding carboxylic acids is 2. The SMILES string of the molecule is CNC[C@H](C)NC(=O)c1ccc(-c2cccc(CN3O[C@@H](CO)[C@H]([C@H](C)O)[C@H]3C(=O)N[C@H]3C[C@H]4C[C@H]([C@@H]3C)C4(C)C)c2OC)cc1. The van der Waals surface area contributed by atoms with Crippen molar-refractivity contribution in [3.63, 3.8) is 0 Å². The van der Waals surface area contributed by atoms with Crippen molar-refractivity contribution in [3.8, 4) is 16.9 Å². The molecule has 2 bridgehead atoms. The average Bonchev–Trinajstić information content (AvgIpc) is 3.40. The molecule has 6 rings (SSSR count). The summed E-state index contributed by atoms with van der Waals surface area (Å²) in [7, 11) is 3.45. The van der Waals surface area contributed by atoms with E-state index < -0.39 is 24.2 Å². The molecule has 252 valence electrons. The maximum Gasteiger partial charge on any atom is 0.251 e. The van der Waals surface area contributed by atoms with Crippen molar-refractivity contribution in [3.05, 3.63) is 53.6 Å². The second kappa shape index (κ2) is 14.0. The summed E-state index contributed by atoms with van der Waals surface area (Å²) in [6, 6.07) is 12.4. The first-order valence-electron chi connectivity index (χ1n) is 16.7. The summed E-state index contributed by atoms with van der Waals surface area (Å²) in [5.74, 6) is 1.19. The van der Waals surface area contributed by atoms with Crippen molar-refractivity contribution < 1.29 is 29.4 Å². The maximum absolute atomic E-state index is 14.1. The largest absolute Gasteiger partial charge is 0.496 e. The fraction of sp³-hybridized carbons (Fsp3) is 0.611. The normalized spacial score (nSPS) is 29.8. The molecule has 0 unspecified atom stereocenters. The van der Waals surface area contributed by atoms with E-state index in [0.717, 1.165) is 23.1 Å². The van der Waals surface area contributed by atoms with Crippen molar-refractivity contribution in [1.82, 2.24) is 21.0 Å². The molecule has 3 saturated carbocycles. The minimum atomic E-state index is -0.876. The van der Waals surface area contributed by atoms with Gasteiger partial charge in [0.25, 0.3) is 5.91 Å². The number of hydroxylamine groups is 2. The predicted octanol–water partition coefficient (Wildman–Crippen LogP) is 3.36. The maximum atomic E-state index is 14.1. The highest BCUT2D eigenvalue weighted by Gasteiger charge is 2.57. The third-order valence-corrected chi connectivity index (χ3v) is 11.0. The summed E-state index contributed by atoms with van der Waals surface area (Å²) in [6.07, 6.45) is 0.553. The third kappa shape index (κ3) is 6.55. The van der Waals surface area contributed by atoms with Crippen LogP contribution in [-0.2, 0) is 16.2 Å². The lowest BCUT2D eigenvalue weighted by atomic mass is 9.45. The van der Waals surface area contributed by atoms with E-state index >= 15 is 0 Å². The molecule has 2 aromatic carbocycles. The molecule has 10 heteroatoms. The number of para-hydroxylation sites is 1. The van der Waals surface area contributed by atoms with E-state index in [1.54, 1.807) is 31.2 Å². The van der Waals surface area contributed by atoms with Gasteiger partial charge in [-0.2, -0.15) is 5.06 Å².